The maximum Gasteiger partial charge on any atom is 0.335 e. The molecule has 35 heavy (non-hydrogen) atoms. The number of hydrogen-bond donors (Lipinski definition) is 1. The van der Waals surface area contributed by atoms with Gasteiger partial charge in [-0.15, -0.1) is 0 Å². The van der Waals surface area contributed by atoms with Crippen molar-refractivity contribution in [3.05, 3.63) is 93.0 Å². The van der Waals surface area contributed by atoms with Gasteiger partial charge in [-0.25, -0.2) is 9.69 Å². The smallest absolute Gasteiger partial charge is 0.335 e. The molecule has 4 rings (SSSR count). The van der Waals surface area contributed by atoms with Crippen molar-refractivity contribution < 1.29 is 23.9 Å². The van der Waals surface area contributed by atoms with Crippen molar-refractivity contribution in [2.45, 2.75) is 20.5 Å². The van der Waals surface area contributed by atoms with E-state index in [9.17, 15) is 14.4 Å². The third-order valence-electron chi connectivity index (χ3n) is 5.37. The first-order valence-corrected chi connectivity index (χ1v) is 11.6. The zero-order valence-corrected chi connectivity index (χ0v) is 21.0. The van der Waals surface area contributed by atoms with Gasteiger partial charge in [0.2, 0.25) is 0 Å². The first-order chi connectivity index (χ1) is 16.7. The van der Waals surface area contributed by atoms with E-state index in [0.29, 0.717) is 29.4 Å². The number of halogens is 1. The lowest BCUT2D eigenvalue weighted by atomic mass is 10.0. The Balaban J connectivity index is 1.60. The van der Waals surface area contributed by atoms with Crippen molar-refractivity contribution in [2.24, 2.45) is 0 Å². The van der Waals surface area contributed by atoms with Crippen molar-refractivity contribution in [3.8, 4) is 11.5 Å². The van der Waals surface area contributed by atoms with Crippen LogP contribution in [-0.4, -0.2) is 25.0 Å². The van der Waals surface area contributed by atoms with E-state index >= 15 is 0 Å². The Hall–Kier alpha value is -3.91. The second kappa shape index (κ2) is 10.1. The van der Waals surface area contributed by atoms with Crippen LogP contribution in [0.4, 0.5) is 10.5 Å². The number of aryl methyl sites for hydroxylation is 2. The molecule has 0 unspecified atom stereocenters. The average molecular weight is 535 g/mol. The quantitative estimate of drug-likeness (QED) is 0.341. The fourth-order valence-corrected chi connectivity index (χ4v) is 4.04. The Morgan fingerprint density at radius 3 is 2.26 bits per heavy atom. The van der Waals surface area contributed by atoms with Gasteiger partial charge in [0.1, 0.15) is 12.2 Å². The number of anilines is 1. The highest BCUT2D eigenvalue weighted by molar-refractivity contribution is 9.10. The van der Waals surface area contributed by atoms with E-state index < -0.39 is 17.8 Å². The summed E-state index contributed by atoms with van der Waals surface area (Å²) >= 11 is 3.41. The molecule has 1 aliphatic heterocycles. The van der Waals surface area contributed by atoms with Gasteiger partial charge in [0.15, 0.2) is 11.5 Å². The Morgan fingerprint density at radius 1 is 0.914 bits per heavy atom. The first-order valence-electron chi connectivity index (χ1n) is 10.8. The fraction of sp³-hybridized carbons (Fsp3) is 0.148. The summed E-state index contributed by atoms with van der Waals surface area (Å²) in [6, 6.07) is 17.5. The second-order valence-electron chi connectivity index (χ2n) is 8.13. The number of imide groups is 2. The van der Waals surface area contributed by atoms with Crippen molar-refractivity contribution in [3.63, 3.8) is 0 Å². The van der Waals surface area contributed by atoms with Crippen molar-refractivity contribution in [2.75, 3.05) is 12.0 Å². The molecule has 0 aliphatic carbocycles. The van der Waals surface area contributed by atoms with Gasteiger partial charge < -0.3 is 9.47 Å². The van der Waals surface area contributed by atoms with Crippen LogP contribution in [0.2, 0.25) is 0 Å². The van der Waals surface area contributed by atoms with Gasteiger partial charge >= 0.3 is 6.03 Å². The van der Waals surface area contributed by atoms with Gasteiger partial charge in [-0.3, -0.25) is 14.9 Å². The number of rotatable bonds is 6. The molecule has 0 aromatic heterocycles. The number of barbiturate groups is 1. The van der Waals surface area contributed by atoms with E-state index in [1.807, 2.05) is 44.2 Å². The minimum Gasteiger partial charge on any atom is -0.493 e. The summed E-state index contributed by atoms with van der Waals surface area (Å²) < 4.78 is 12.3. The molecule has 3 aromatic rings. The van der Waals surface area contributed by atoms with Gasteiger partial charge in [-0.1, -0.05) is 40.2 Å². The first kappa shape index (κ1) is 24.2. The molecule has 4 amide bonds. The summed E-state index contributed by atoms with van der Waals surface area (Å²) in [6.07, 6.45) is 1.43. The van der Waals surface area contributed by atoms with Crippen LogP contribution in [0.25, 0.3) is 6.08 Å². The highest BCUT2D eigenvalue weighted by Gasteiger charge is 2.37. The SMILES string of the molecule is COc1cc(C=C2C(=O)NC(=O)N(c3cc(C)cc(C)c3)C2=O)ccc1OCc1ccc(Br)cc1. The Labute approximate surface area is 211 Å². The summed E-state index contributed by atoms with van der Waals surface area (Å²) in [7, 11) is 1.51. The molecular formula is C27H23BrN2O5. The Morgan fingerprint density at radius 2 is 1.60 bits per heavy atom. The van der Waals surface area contributed by atoms with Crippen LogP contribution in [-0.2, 0) is 16.2 Å². The van der Waals surface area contributed by atoms with Gasteiger partial charge in [-0.05, 0) is 78.6 Å². The Bertz CT molecular complexity index is 1330. The monoisotopic (exact) mass is 534 g/mol. The molecule has 8 heteroatoms. The van der Waals surface area contributed by atoms with Crippen molar-refractivity contribution in [1.82, 2.24) is 5.32 Å². The predicted molar refractivity (Wildman–Crippen MR) is 136 cm³/mol. The normalized spacial score (nSPS) is 14.8. The molecule has 1 fully saturated rings. The van der Waals surface area contributed by atoms with Crippen LogP contribution in [0.3, 0.4) is 0 Å². The van der Waals surface area contributed by atoms with Crippen LogP contribution in [0, 0.1) is 13.8 Å². The minimum absolute atomic E-state index is 0.158. The maximum absolute atomic E-state index is 13.2. The molecular weight excluding hydrogens is 512 g/mol. The second-order valence-corrected chi connectivity index (χ2v) is 9.04. The number of amides is 4. The summed E-state index contributed by atoms with van der Waals surface area (Å²) in [5.74, 6) is -0.486. The number of hydrogen-bond acceptors (Lipinski definition) is 5. The zero-order chi connectivity index (χ0) is 25.1. The molecule has 0 radical (unpaired) electrons. The van der Waals surface area contributed by atoms with E-state index in [0.717, 1.165) is 26.1 Å². The number of urea groups is 1. The summed E-state index contributed by atoms with van der Waals surface area (Å²) in [5, 5.41) is 2.25. The minimum atomic E-state index is -0.781. The summed E-state index contributed by atoms with van der Waals surface area (Å²) in [6.45, 7) is 4.09. The predicted octanol–water partition coefficient (Wildman–Crippen LogP) is 5.32. The number of benzene rings is 3. The lowest BCUT2D eigenvalue weighted by molar-refractivity contribution is -0.122. The standard InChI is InChI=1S/C27H23BrN2O5/c1-16-10-17(2)12-21(11-16)30-26(32)22(25(31)29-27(30)33)13-19-6-9-23(24(14-19)34-3)35-15-18-4-7-20(28)8-5-18/h4-14H,15H2,1-3H3,(H,29,31,33). The lowest BCUT2D eigenvalue weighted by Crippen LogP contribution is -2.54. The van der Waals surface area contributed by atoms with E-state index in [-0.39, 0.29) is 5.57 Å². The number of nitrogens with one attached hydrogen (secondary N) is 1. The highest BCUT2D eigenvalue weighted by Crippen LogP contribution is 2.31. The van der Waals surface area contributed by atoms with Crippen LogP contribution in [0.1, 0.15) is 22.3 Å². The van der Waals surface area contributed by atoms with Crippen LogP contribution in [0.15, 0.2) is 70.7 Å². The molecule has 7 nitrogen and oxygen atoms in total. The number of carbonyl (C=O) groups is 3. The van der Waals surface area contributed by atoms with Crippen LogP contribution < -0.4 is 19.7 Å². The fourth-order valence-electron chi connectivity index (χ4n) is 3.77. The van der Waals surface area contributed by atoms with E-state index in [1.54, 1.807) is 30.3 Å². The summed E-state index contributed by atoms with van der Waals surface area (Å²) in [5.41, 5.74) is 3.57. The molecule has 1 saturated heterocycles. The van der Waals surface area contributed by atoms with Crippen molar-refractivity contribution in [1.29, 1.82) is 0 Å². The zero-order valence-electron chi connectivity index (χ0n) is 19.4. The van der Waals surface area contributed by atoms with E-state index in [2.05, 4.69) is 21.2 Å². The number of ether oxygens (including phenoxy) is 2. The van der Waals surface area contributed by atoms with E-state index in [4.69, 9.17) is 9.47 Å². The molecule has 0 bridgehead atoms. The average Bonchev–Trinajstić information content (AvgIpc) is 2.81. The topological polar surface area (TPSA) is 84.9 Å². The molecule has 0 saturated carbocycles. The van der Waals surface area contributed by atoms with E-state index in [1.165, 1.54) is 13.2 Å². The maximum atomic E-state index is 13.2. The van der Waals surface area contributed by atoms with Gasteiger partial charge in [0.05, 0.1) is 12.8 Å². The van der Waals surface area contributed by atoms with Crippen molar-refractivity contribution >= 4 is 45.5 Å². The Kier molecular flexibility index (Phi) is 7.02. The molecule has 1 aliphatic rings. The molecule has 1 N–H and O–H groups in total. The molecule has 178 valence electrons. The lowest BCUT2D eigenvalue weighted by Gasteiger charge is -2.27. The molecule has 1 heterocycles. The van der Waals surface area contributed by atoms with Gasteiger partial charge in [0.25, 0.3) is 11.8 Å². The van der Waals surface area contributed by atoms with Crippen LogP contribution in [0.5, 0.6) is 11.5 Å². The largest absolute Gasteiger partial charge is 0.493 e. The van der Waals surface area contributed by atoms with Crippen LogP contribution >= 0.6 is 15.9 Å². The molecule has 0 spiro atoms. The summed E-state index contributed by atoms with van der Waals surface area (Å²) in [4.78, 5) is 39.2. The number of carbonyl (C=O) groups excluding carboxylic acids is 3. The van der Waals surface area contributed by atoms with Gasteiger partial charge in [-0.2, -0.15) is 0 Å². The van der Waals surface area contributed by atoms with Gasteiger partial charge in [0, 0.05) is 4.47 Å². The molecule has 3 aromatic carbocycles. The molecule has 0 atom stereocenters. The third kappa shape index (κ3) is 5.44. The number of methoxy groups -OCH3 is 1. The highest BCUT2D eigenvalue weighted by atomic mass is 79.9. The number of nitrogens with zero attached hydrogens (tertiary/aromatic N) is 1. The third-order valence-corrected chi connectivity index (χ3v) is 5.90.